The van der Waals surface area contributed by atoms with Crippen LogP contribution >= 0.6 is 50.7 Å². The van der Waals surface area contributed by atoms with E-state index in [-0.39, 0.29) is 19.2 Å². The minimum Gasteiger partial charge on any atom is -0.445 e. The third kappa shape index (κ3) is 7.25. The molecule has 0 aromatic carbocycles. The van der Waals surface area contributed by atoms with Crippen LogP contribution in [0.25, 0.3) is 0 Å². The molecule has 0 aromatic heterocycles. The van der Waals surface area contributed by atoms with Crippen molar-refractivity contribution in [3.05, 3.63) is 0 Å². The Labute approximate surface area is 125 Å². The van der Waals surface area contributed by atoms with Gasteiger partial charge in [0.15, 0.2) is 0 Å². The zero-order valence-electron chi connectivity index (χ0n) is 9.26. The average molecular weight is 365 g/mol. The van der Waals surface area contributed by atoms with Crippen LogP contribution in [0.5, 0.6) is 0 Å². The number of amides is 1. The molecular weight excluding hydrogens is 352 g/mol. The standard InChI is InChI=1S/C10H13BrCl3NO2/c1-3-5-15(8(4-2)6-11)9(16)17-7-10(12,13)14/h1,8H,4-7H2,2H3/t8-/m1/s1. The highest BCUT2D eigenvalue weighted by Gasteiger charge is 2.26. The molecule has 0 heterocycles. The minimum absolute atomic E-state index is 0.0473. The number of halogens is 4. The van der Waals surface area contributed by atoms with Gasteiger partial charge in [0.1, 0.15) is 6.61 Å². The maximum Gasteiger partial charge on any atom is 0.410 e. The number of carbonyl (C=O) groups excluding carboxylic acids is 1. The zero-order chi connectivity index (χ0) is 13.5. The molecule has 0 rings (SSSR count). The molecule has 17 heavy (non-hydrogen) atoms. The molecule has 98 valence electrons. The fraction of sp³-hybridized carbons (Fsp3) is 0.700. The summed E-state index contributed by atoms with van der Waals surface area (Å²) in [5.41, 5.74) is 0. The van der Waals surface area contributed by atoms with E-state index >= 15 is 0 Å². The lowest BCUT2D eigenvalue weighted by Crippen LogP contribution is -2.42. The second kappa shape index (κ2) is 8.31. The lowest BCUT2D eigenvalue weighted by Gasteiger charge is -2.27. The summed E-state index contributed by atoms with van der Waals surface area (Å²) < 4.78 is 3.26. The van der Waals surface area contributed by atoms with Gasteiger partial charge in [0.2, 0.25) is 3.79 Å². The fourth-order valence-corrected chi connectivity index (χ4v) is 2.05. The van der Waals surface area contributed by atoms with Crippen LogP contribution in [-0.2, 0) is 4.74 Å². The highest BCUT2D eigenvalue weighted by Crippen LogP contribution is 2.26. The SMILES string of the molecule is C#CCN(C(=O)OCC(Cl)(Cl)Cl)[C@H](CC)CBr. The lowest BCUT2D eigenvalue weighted by molar-refractivity contribution is 0.0963. The molecule has 0 aliphatic heterocycles. The summed E-state index contributed by atoms with van der Waals surface area (Å²) in [6, 6.07) is -0.0473. The van der Waals surface area contributed by atoms with Crippen molar-refractivity contribution < 1.29 is 9.53 Å². The smallest absolute Gasteiger partial charge is 0.410 e. The average Bonchev–Trinajstić information content (AvgIpc) is 2.25. The number of hydrogen-bond donors (Lipinski definition) is 0. The molecule has 1 amide bonds. The van der Waals surface area contributed by atoms with Gasteiger partial charge in [0.05, 0.1) is 6.54 Å². The molecule has 0 aromatic rings. The Hall–Kier alpha value is 0.180. The van der Waals surface area contributed by atoms with E-state index in [2.05, 4.69) is 21.9 Å². The van der Waals surface area contributed by atoms with Crippen molar-refractivity contribution in [2.75, 3.05) is 18.5 Å². The van der Waals surface area contributed by atoms with Crippen molar-refractivity contribution in [1.82, 2.24) is 4.90 Å². The van der Waals surface area contributed by atoms with Crippen molar-refractivity contribution in [3.63, 3.8) is 0 Å². The van der Waals surface area contributed by atoms with Crippen molar-refractivity contribution in [3.8, 4) is 12.3 Å². The van der Waals surface area contributed by atoms with Crippen LogP contribution in [-0.4, -0.2) is 39.3 Å². The van der Waals surface area contributed by atoms with Crippen molar-refractivity contribution in [1.29, 1.82) is 0 Å². The fourth-order valence-electron chi connectivity index (χ4n) is 1.08. The van der Waals surface area contributed by atoms with Crippen molar-refractivity contribution in [2.24, 2.45) is 0 Å². The topological polar surface area (TPSA) is 29.5 Å². The van der Waals surface area contributed by atoms with Gasteiger partial charge in [0, 0.05) is 11.4 Å². The molecule has 0 spiro atoms. The van der Waals surface area contributed by atoms with E-state index in [4.69, 9.17) is 46.0 Å². The van der Waals surface area contributed by atoms with Gasteiger partial charge in [-0.3, -0.25) is 4.90 Å². The first-order valence-corrected chi connectivity index (χ1v) is 7.10. The quantitative estimate of drug-likeness (QED) is 0.550. The third-order valence-electron chi connectivity index (χ3n) is 1.95. The summed E-state index contributed by atoms with van der Waals surface area (Å²) in [6.07, 6.45) is 5.37. The van der Waals surface area contributed by atoms with Gasteiger partial charge in [-0.2, -0.15) is 0 Å². The van der Waals surface area contributed by atoms with Gasteiger partial charge in [-0.15, -0.1) is 6.42 Å². The third-order valence-corrected chi connectivity index (χ3v) is 3.02. The van der Waals surface area contributed by atoms with Crippen LogP contribution in [0.1, 0.15) is 13.3 Å². The molecule has 3 nitrogen and oxygen atoms in total. The Morgan fingerprint density at radius 2 is 2.18 bits per heavy atom. The molecule has 0 bridgehead atoms. The van der Waals surface area contributed by atoms with Gasteiger partial charge in [-0.1, -0.05) is 63.6 Å². The van der Waals surface area contributed by atoms with Gasteiger partial charge in [-0.05, 0) is 6.42 Å². The maximum absolute atomic E-state index is 11.8. The summed E-state index contributed by atoms with van der Waals surface area (Å²) in [6.45, 7) is 1.79. The second-order valence-corrected chi connectivity index (χ2v) is 6.38. The summed E-state index contributed by atoms with van der Waals surface area (Å²) in [7, 11) is 0. The molecule has 0 unspecified atom stereocenters. The largest absolute Gasteiger partial charge is 0.445 e. The first-order chi connectivity index (χ1) is 7.85. The second-order valence-electron chi connectivity index (χ2n) is 3.22. The van der Waals surface area contributed by atoms with Crippen LogP contribution in [0.3, 0.4) is 0 Å². The predicted molar refractivity (Wildman–Crippen MR) is 75.1 cm³/mol. The number of rotatable bonds is 5. The van der Waals surface area contributed by atoms with Crippen LogP contribution < -0.4 is 0 Å². The van der Waals surface area contributed by atoms with E-state index in [1.807, 2.05) is 6.92 Å². The van der Waals surface area contributed by atoms with Crippen molar-refractivity contribution in [2.45, 2.75) is 23.2 Å². The van der Waals surface area contributed by atoms with Crippen LogP contribution in [0.2, 0.25) is 0 Å². The Balaban J connectivity index is 4.50. The van der Waals surface area contributed by atoms with E-state index in [0.29, 0.717) is 5.33 Å². The molecule has 0 saturated heterocycles. The van der Waals surface area contributed by atoms with E-state index in [1.54, 1.807) is 0 Å². The Morgan fingerprint density at radius 3 is 2.53 bits per heavy atom. The molecule has 0 aliphatic rings. The number of nitrogens with zero attached hydrogens (tertiary/aromatic N) is 1. The first kappa shape index (κ1) is 17.2. The van der Waals surface area contributed by atoms with Crippen molar-refractivity contribution >= 4 is 56.8 Å². The minimum atomic E-state index is -1.62. The lowest BCUT2D eigenvalue weighted by atomic mass is 10.2. The van der Waals surface area contributed by atoms with Gasteiger partial charge in [0.25, 0.3) is 0 Å². The number of terminal acetylenes is 1. The highest BCUT2D eigenvalue weighted by molar-refractivity contribution is 9.09. The Bertz CT molecular complexity index is 284. The summed E-state index contributed by atoms with van der Waals surface area (Å²) in [5.74, 6) is 2.40. The molecule has 0 N–H and O–H groups in total. The Kier molecular flexibility index (Phi) is 8.40. The summed E-state index contributed by atoms with van der Waals surface area (Å²) in [4.78, 5) is 13.2. The number of hydrogen-bond acceptors (Lipinski definition) is 2. The predicted octanol–water partition coefficient (Wildman–Crippen LogP) is 3.60. The highest BCUT2D eigenvalue weighted by atomic mass is 79.9. The van der Waals surface area contributed by atoms with Gasteiger partial charge < -0.3 is 4.74 Å². The molecule has 7 heteroatoms. The monoisotopic (exact) mass is 363 g/mol. The van der Waals surface area contributed by atoms with Crippen LogP contribution in [0, 0.1) is 12.3 Å². The summed E-state index contributed by atoms with van der Waals surface area (Å²) >= 11 is 19.8. The van der Waals surface area contributed by atoms with Crippen LogP contribution in [0.4, 0.5) is 4.79 Å². The maximum atomic E-state index is 11.8. The molecule has 0 fully saturated rings. The van der Waals surface area contributed by atoms with E-state index < -0.39 is 9.89 Å². The normalized spacial score (nSPS) is 12.7. The Morgan fingerprint density at radius 1 is 1.59 bits per heavy atom. The van der Waals surface area contributed by atoms with E-state index in [0.717, 1.165) is 6.42 Å². The first-order valence-electron chi connectivity index (χ1n) is 4.85. The summed E-state index contributed by atoms with van der Waals surface area (Å²) in [5, 5.41) is 0.605. The molecule has 1 atom stereocenters. The molecular formula is C10H13BrCl3NO2. The molecule has 0 radical (unpaired) electrons. The van der Waals surface area contributed by atoms with E-state index in [9.17, 15) is 4.79 Å². The number of alkyl halides is 4. The zero-order valence-corrected chi connectivity index (χ0v) is 13.1. The number of carbonyl (C=O) groups is 1. The van der Waals surface area contributed by atoms with Crippen LogP contribution in [0.15, 0.2) is 0 Å². The van der Waals surface area contributed by atoms with Gasteiger partial charge in [-0.25, -0.2) is 4.79 Å². The molecule has 0 aliphatic carbocycles. The van der Waals surface area contributed by atoms with Gasteiger partial charge >= 0.3 is 6.09 Å². The van der Waals surface area contributed by atoms with E-state index in [1.165, 1.54) is 4.90 Å². The molecule has 0 saturated carbocycles. The number of ether oxygens (including phenoxy) is 1.